The molecule has 1 aliphatic rings. The molecule has 1 aliphatic heterocycles. The Kier molecular flexibility index (Phi) is 5.80. The highest BCUT2D eigenvalue weighted by atomic mass is 19.4. The summed E-state index contributed by atoms with van der Waals surface area (Å²) < 4.78 is 50.1. The van der Waals surface area contributed by atoms with Crippen LogP contribution in [0.15, 0.2) is 60.7 Å². The van der Waals surface area contributed by atoms with Gasteiger partial charge in [0.05, 0.1) is 24.3 Å². The van der Waals surface area contributed by atoms with Gasteiger partial charge in [0, 0.05) is 16.8 Å². The third-order valence-electron chi connectivity index (χ3n) is 5.11. The molecule has 0 atom stereocenters. The van der Waals surface area contributed by atoms with Crippen LogP contribution in [-0.2, 0) is 17.6 Å². The van der Waals surface area contributed by atoms with Gasteiger partial charge in [0.1, 0.15) is 6.61 Å². The first kappa shape index (κ1) is 22.0. The highest BCUT2D eigenvalue weighted by molar-refractivity contribution is 6.34. The molecule has 33 heavy (non-hydrogen) atoms. The zero-order valence-electron chi connectivity index (χ0n) is 17.4. The maximum Gasteiger partial charge on any atom is 0.416 e. The number of hydrogen-bond acceptors (Lipinski definition) is 4. The Balaban J connectivity index is 1.57. The standard InChI is InChI=1S/C25H17F3N2O3/c1-32-23-11-17(6-9-22(23)33-14-16-4-2-15(13-29)3-5-16)10-20-19-8-7-18(25(26,27)28)12-21(19)30-24(20)31/h2-12H,14H2,1H3,(H,30,31)/b20-10+. The van der Waals surface area contributed by atoms with E-state index in [1.807, 2.05) is 0 Å². The van der Waals surface area contributed by atoms with Crippen LogP contribution in [0.5, 0.6) is 11.5 Å². The zero-order valence-corrected chi connectivity index (χ0v) is 17.4. The van der Waals surface area contributed by atoms with Crippen molar-refractivity contribution in [3.05, 3.63) is 88.5 Å². The number of fused-ring (bicyclic) bond motifs is 1. The number of benzene rings is 3. The maximum atomic E-state index is 13.0. The van der Waals surface area contributed by atoms with Crippen LogP contribution in [0.4, 0.5) is 18.9 Å². The van der Waals surface area contributed by atoms with Crippen molar-refractivity contribution in [2.75, 3.05) is 12.4 Å². The van der Waals surface area contributed by atoms with Crippen molar-refractivity contribution >= 4 is 23.2 Å². The molecule has 3 aromatic rings. The number of nitrogens with zero attached hydrogens (tertiary/aromatic N) is 1. The van der Waals surface area contributed by atoms with Gasteiger partial charge in [-0.1, -0.05) is 24.3 Å². The first-order valence-electron chi connectivity index (χ1n) is 9.83. The lowest BCUT2D eigenvalue weighted by Gasteiger charge is -2.12. The van der Waals surface area contributed by atoms with E-state index >= 15 is 0 Å². The summed E-state index contributed by atoms with van der Waals surface area (Å²) in [5.41, 5.74) is 2.00. The minimum absolute atomic E-state index is 0.121. The molecule has 4 rings (SSSR count). The van der Waals surface area contributed by atoms with Crippen LogP contribution in [0, 0.1) is 11.3 Å². The number of hydrogen-bond donors (Lipinski definition) is 1. The number of alkyl halides is 3. The maximum absolute atomic E-state index is 13.0. The average Bonchev–Trinajstić information content (AvgIpc) is 3.12. The Morgan fingerprint density at radius 2 is 1.79 bits per heavy atom. The quantitative estimate of drug-likeness (QED) is 0.510. The fourth-order valence-corrected chi connectivity index (χ4v) is 3.41. The van der Waals surface area contributed by atoms with Gasteiger partial charge in [0.2, 0.25) is 0 Å². The van der Waals surface area contributed by atoms with Gasteiger partial charge < -0.3 is 14.8 Å². The molecular formula is C25H17F3N2O3. The van der Waals surface area contributed by atoms with Crippen molar-refractivity contribution in [2.24, 2.45) is 0 Å². The smallest absolute Gasteiger partial charge is 0.416 e. The highest BCUT2D eigenvalue weighted by Gasteiger charge is 2.33. The van der Waals surface area contributed by atoms with E-state index in [-0.39, 0.29) is 17.9 Å². The van der Waals surface area contributed by atoms with Crippen LogP contribution in [-0.4, -0.2) is 13.0 Å². The van der Waals surface area contributed by atoms with Gasteiger partial charge in [-0.15, -0.1) is 0 Å². The molecule has 0 fully saturated rings. The van der Waals surface area contributed by atoms with E-state index in [2.05, 4.69) is 11.4 Å². The van der Waals surface area contributed by atoms with E-state index in [0.29, 0.717) is 28.2 Å². The van der Waals surface area contributed by atoms with Crippen molar-refractivity contribution < 1.29 is 27.4 Å². The first-order chi connectivity index (χ1) is 15.8. The predicted molar refractivity (Wildman–Crippen MR) is 116 cm³/mol. The highest BCUT2D eigenvalue weighted by Crippen LogP contribution is 2.39. The van der Waals surface area contributed by atoms with E-state index in [9.17, 15) is 18.0 Å². The number of nitriles is 1. The fourth-order valence-electron chi connectivity index (χ4n) is 3.41. The first-order valence-corrected chi connectivity index (χ1v) is 9.83. The monoisotopic (exact) mass is 450 g/mol. The number of methoxy groups -OCH3 is 1. The van der Waals surface area contributed by atoms with Gasteiger partial charge >= 0.3 is 6.18 Å². The van der Waals surface area contributed by atoms with Gasteiger partial charge in [-0.3, -0.25) is 4.79 Å². The Morgan fingerprint density at radius 3 is 2.45 bits per heavy atom. The molecule has 0 saturated carbocycles. The van der Waals surface area contributed by atoms with Crippen LogP contribution >= 0.6 is 0 Å². The molecule has 166 valence electrons. The summed E-state index contributed by atoms with van der Waals surface area (Å²) in [5.74, 6) is 0.434. The fraction of sp³-hybridized carbons (Fsp3) is 0.120. The molecule has 1 heterocycles. The Labute approximate surface area is 187 Å². The molecule has 0 spiro atoms. The van der Waals surface area contributed by atoms with Crippen LogP contribution in [0.25, 0.3) is 11.6 Å². The van der Waals surface area contributed by atoms with Gasteiger partial charge in [0.15, 0.2) is 11.5 Å². The second kappa shape index (κ2) is 8.71. The molecule has 0 unspecified atom stereocenters. The molecule has 0 radical (unpaired) electrons. The number of nitrogens with one attached hydrogen (secondary N) is 1. The zero-order chi connectivity index (χ0) is 23.6. The minimum atomic E-state index is -4.49. The van der Waals surface area contributed by atoms with Gasteiger partial charge in [0.25, 0.3) is 5.91 Å². The molecule has 1 N–H and O–H groups in total. The Morgan fingerprint density at radius 1 is 1.03 bits per heavy atom. The Bertz CT molecular complexity index is 1290. The second-order valence-electron chi connectivity index (χ2n) is 7.28. The number of carbonyl (C=O) groups excluding carboxylic acids is 1. The van der Waals surface area contributed by atoms with E-state index < -0.39 is 17.6 Å². The number of carbonyl (C=O) groups is 1. The number of anilines is 1. The number of rotatable bonds is 5. The average molecular weight is 450 g/mol. The topological polar surface area (TPSA) is 71.3 Å². The third kappa shape index (κ3) is 4.67. The summed E-state index contributed by atoms with van der Waals surface area (Å²) in [6.45, 7) is 0.264. The SMILES string of the molecule is COc1cc(/C=C2/C(=O)Nc3cc(C(F)(F)F)ccc32)ccc1OCc1ccc(C#N)cc1. The molecule has 8 heteroatoms. The summed E-state index contributed by atoms with van der Waals surface area (Å²) in [6.07, 6.45) is -2.91. The van der Waals surface area contributed by atoms with Crippen LogP contribution in [0.3, 0.4) is 0 Å². The molecule has 0 bridgehead atoms. The lowest BCUT2D eigenvalue weighted by atomic mass is 10.0. The van der Waals surface area contributed by atoms with Gasteiger partial charge in [-0.2, -0.15) is 18.4 Å². The molecule has 3 aromatic carbocycles. The molecule has 0 aromatic heterocycles. The predicted octanol–water partition coefficient (Wildman–Crippen LogP) is 5.66. The summed E-state index contributed by atoms with van der Waals surface area (Å²) in [5, 5.41) is 11.4. The van der Waals surface area contributed by atoms with Crippen LogP contribution in [0.1, 0.15) is 27.8 Å². The van der Waals surface area contributed by atoms with Crippen molar-refractivity contribution in [2.45, 2.75) is 12.8 Å². The molecule has 1 amide bonds. The lowest BCUT2D eigenvalue weighted by Crippen LogP contribution is -2.06. The Hall–Kier alpha value is -4.25. The van der Waals surface area contributed by atoms with Crippen LogP contribution in [0.2, 0.25) is 0 Å². The second-order valence-corrected chi connectivity index (χ2v) is 7.28. The number of halogens is 3. The van der Waals surface area contributed by atoms with Crippen molar-refractivity contribution in [1.29, 1.82) is 5.26 Å². The summed E-state index contributed by atoms with van der Waals surface area (Å²) in [4.78, 5) is 12.4. The molecule has 0 aliphatic carbocycles. The van der Waals surface area contributed by atoms with Gasteiger partial charge in [-0.25, -0.2) is 0 Å². The normalized spacial score (nSPS) is 13.9. The van der Waals surface area contributed by atoms with Crippen molar-refractivity contribution in [3.63, 3.8) is 0 Å². The van der Waals surface area contributed by atoms with Crippen molar-refractivity contribution in [3.8, 4) is 17.6 Å². The number of ether oxygens (including phenoxy) is 2. The molecular weight excluding hydrogens is 433 g/mol. The number of amides is 1. The summed E-state index contributed by atoms with van der Waals surface area (Å²) in [6, 6.07) is 17.3. The third-order valence-corrected chi connectivity index (χ3v) is 5.11. The minimum Gasteiger partial charge on any atom is -0.493 e. The lowest BCUT2D eigenvalue weighted by molar-refractivity contribution is -0.137. The summed E-state index contributed by atoms with van der Waals surface area (Å²) >= 11 is 0. The van der Waals surface area contributed by atoms with E-state index in [1.54, 1.807) is 48.5 Å². The van der Waals surface area contributed by atoms with Crippen LogP contribution < -0.4 is 14.8 Å². The van der Waals surface area contributed by atoms with Crippen molar-refractivity contribution in [1.82, 2.24) is 0 Å². The largest absolute Gasteiger partial charge is 0.493 e. The van der Waals surface area contributed by atoms with E-state index in [0.717, 1.165) is 17.7 Å². The molecule has 0 saturated heterocycles. The van der Waals surface area contributed by atoms with Gasteiger partial charge in [-0.05, 0) is 53.6 Å². The van der Waals surface area contributed by atoms with E-state index in [4.69, 9.17) is 14.7 Å². The molecule has 5 nitrogen and oxygen atoms in total. The summed E-state index contributed by atoms with van der Waals surface area (Å²) in [7, 11) is 1.48. The van der Waals surface area contributed by atoms with E-state index in [1.165, 1.54) is 13.2 Å².